The van der Waals surface area contributed by atoms with Crippen molar-refractivity contribution in [3.63, 3.8) is 0 Å². The summed E-state index contributed by atoms with van der Waals surface area (Å²) in [6, 6.07) is 0. The molecule has 0 heterocycles. The first-order chi connectivity index (χ1) is 5.81. The first kappa shape index (κ1) is 11.7. The molecule has 1 unspecified atom stereocenters. The third kappa shape index (κ3) is 7.76. The molecule has 0 aliphatic rings. The molecule has 0 spiro atoms. The van der Waals surface area contributed by atoms with E-state index in [2.05, 4.69) is 23.9 Å². The molecule has 0 aliphatic heterocycles. The standard InChI is InChI=1S/C8H17N3S/c1-3-8(2)7-12-6-4-5-10-11-9/h8H,3-7H2,1-2H3. The van der Waals surface area contributed by atoms with Crippen LogP contribution in [0.1, 0.15) is 26.7 Å². The fourth-order valence-electron chi connectivity index (χ4n) is 0.684. The molecule has 0 amide bonds. The van der Waals surface area contributed by atoms with E-state index in [9.17, 15) is 0 Å². The first-order valence-electron chi connectivity index (χ1n) is 4.39. The smallest absolute Gasteiger partial charge is 0.0265 e. The van der Waals surface area contributed by atoms with E-state index in [1.807, 2.05) is 11.8 Å². The number of azide groups is 1. The second-order valence-corrected chi connectivity index (χ2v) is 4.05. The Morgan fingerprint density at radius 3 is 2.92 bits per heavy atom. The van der Waals surface area contributed by atoms with Gasteiger partial charge in [0.15, 0.2) is 0 Å². The SMILES string of the molecule is CCC(C)CSCCCN=[N+]=[N-]. The molecule has 0 fully saturated rings. The monoisotopic (exact) mass is 187 g/mol. The maximum atomic E-state index is 8.00. The number of hydrogen-bond acceptors (Lipinski definition) is 2. The molecular weight excluding hydrogens is 170 g/mol. The molecule has 0 saturated carbocycles. The van der Waals surface area contributed by atoms with Gasteiger partial charge in [-0.1, -0.05) is 25.4 Å². The Hall–Kier alpha value is -0.340. The van der Waals surface area contributed by atoms with Gasteiger partial charge in [0.2, 0.25) is 0 Å². The van der Waals surface area contributed by atoms with Crippen LogP contribution in [-0.2, 0) is 0 Å². The van der Waals surface area contributed by atoms with Crippen molar-refractivity contribution in [1.82, 2.24) is 0 Å². The Bertz CT molecular complexity index is 143. The summed E-state index contributed by atoms with van der Waals surface area (Å²) in [5, 5.41) is 3.48. The van der Waals surface area contributed by atoms with Gasteiger partial charge in [0.1, 0.15) is 0 Å². The average molecular weight is 187 g/mol. The van der Waals surface area contributed by atoms with E-state index in [1.54, 1.807) is 0 Å². The molecule has 0 aromatic heterocycles. The minimum atomic E-state index is 0.643. The van der Waals surface area contributed by atoms with Gasteiger partial charge in [-0.15, -0.1) is 0 Å². The van der Waals surface area contributed by atoms with Gasteiger partial charge in [-0.3, -0.25) is 0 Å². The van der Waals surface area contributed by atoms with Crippen LogP contribution in [0.3, 0.4) is 0 Å². The van der Waals surface area contributed by atoms with Crippen molar-refractivity contribution in [2.24, 2.45) is 11.0 Å². The predicted octanol–water partition coefficient (Wildman–Crippen LogP) is 3.47. The molecular formula is C8H17N3S. The van der Waals surface area contributed by atoms with Gasteiger partial charge in [-0.25, -0.2) is 0 Å². The Kier molecular flexibility index (Phi) is 8.51. The van der Waals surface area contributed by atoms with Crippen LogP contribution < -0.4 is 0 Å². The highest BCUT2D eigenvalue weighted by atomic mass is 32.2. The maximum Gasteiger partial charge on any atom is 0.0265 e. The molecule has 0 N–H and O–H groups in total. The summed E-state index contributed by atoms with van der Waals surface area (Å²) >= 11 is 1.95. The largest absolute Gasteiger partial charge is 0.162 e. The topological polar surface area (TPSA) is 48.8 Å². The van der Waals surface area contributed by atoms with Crippen LogP contribution in [0, 0.1) is 5.92 Å². The number of rotatable bonds is 7. The van der Waals surface area contributed by atoms with Crippen LogP contribution in [0.25, 0.3) is 10.4 Å². The summed E-state index contributed by atoms with van der Waals surface area (Å²) in [4.78, 5) is 2.70. The molecule has 0 aliphatic carbocycles. The zero-order valence-electron chi connectivity index (χ0n) is 7.86. The van der Waals surface area contributed by atoms with Crippen LogP contribution in [0.5, 0.6) is 0 Å². The quantitative estimate of drug-likeness (QED) is 0.260. The maximum absolute atomic E-state index is 8.00. The summed E-state index contributed by atoms with van der Waals surface area (Å²) in [5.74, 6) is 3.16. The Labute approximate surface area is 78.6 Å². The minimum Gasteiger partial charge on any atom is -0.162 e. The van der Waals surface area contributed by atoms with E-state index in [-0.39, 0.29) is 0 Å². The van der Waals surface area contributed by atoms with E-state index in [1.165, 1.54) is 12.2 Å². The highest BCUT2D eigenvalue weighted by Gasteiger charge is 1.97. The lowest BCUT2D eigenvalue weighted by atomic mass is 10.2. The minimum absolute atomic E-state index is 0.643. The van der Waals surface area contributed by atoms with Gasteiger partial charge in [0.25, 0.3) is 0 Å². The molecule has 70 valence electrons. The van der Waals surface area contributed by atoms with Crippen LogP contribution in [0.15, 0.2) is 5.11 Å². The number of hydrogen-bond donors (Lipinski definition) is 0. The molecule has 0 aromatic rings. The Balaban J connectivity index is 3.05. The lowest BCUT2D eigenvalue weighted by Crippen LogP contribution is -1.96. The fraction of sp³-hybridized carbons (Fsp3) is 1.00. The van der Waals surface area contributed by atoms with Crippen molar-refractivity contribution in [1.29, 1.82) is 0 Å². The lowest BCUT2D eigenvalue weighted by Gasteiger charge is -2.06. The van der Waals surface area contributed by atoms with Gasteiger partial charge in [-0.05, 0) is 29.4 Å². The second-order valence-electron chi connectivity index (χ2n) is 2.90. The van der Waals surface area contributed by atoms with Crippen LogP contribution in [0.2, 0.25) is 0 Å². The molecule has 0 rings (SSSR count). The predicted molar refractivity (Wildman–Crippen MR) is 55.4 cm³/mol. The number of thioether (sulfide) groups is 1. The zero-order valence-corrected chi connectivity index (χ0v) is 8.68. The van der Waals surface area contributed by atoms with E-state index in [0.29, 0.717) is 6.54 Å². The highest BCUT2D eigenvalue weighted by Crippen LogP contribution is 2.11. The lowest BCUT2D eigenvalue weighted by molar-refractivity contribution is 0.636. The summed E-state index contributed by atoms with van der Waals surface area (Å²) in [7, 11) is 0. The fourth-order valence-corrected chi connectivity index (χ4v) is 1.82. The highest BCUT2D eigenvalue weighted by molar-refractivity contribution is 7.99. The zero-order chi connectivity index (χ0) is 9.23. The first-order valence-corrected chi connectivity index (χ1v) is 5.55. The molecule has 0 radical (unpaired) electrons. The van der Waals surface area contributed by atoms with Crippen LogP contribution in [0.4, 0.5) is 0 Å². The van der Waals surface area contributed by atoms with Crippen molar-refractivity contribution in [2.45, 2.75) is 26.7 Å². The second kappa shape index (κ2) is 8.75. The van der Waals surface area contributed by atoms with E-state index in [0.717, 1.165) is 18.1 Å². The van der Waals surface area contributed by atoms with Crippen molar-refractivity contribution in [2.75, 3.05) is 18.1 Å². The average Bonchev–Trinajstić information content (AvgIpc) is 2.10. The van der Waals surface area contributed by atoms with E-state index in [4.69, 9.17) is 5.53 Å². The Morgan fingerprint density at radius 2 is 2.33 bits per heavy atom. The molecule has 0 aromatic carbocycles. The molecule has 0 saturated heterocycles. The third-order valence-corrected chi connectivity index (χ3v) is 3.09. The summed E-state index contributed by atoms with van der Waals surface area (Å²) in [6.07, 6.45) is 2.26. The Morgan fingerprint density at radius 1 is 1.58 bits per heavy atom. The third-order valence-electron chi connectivity index (χ3n) is 1.71. The van der Waals surface area contributed by atoms with Gasteiger partial charge < -0.3 is 0 Å². The van der Waals surface area contributed by atoms with Gasteiger partial charge in [0.05, 0.1) is 0 Å². The number of nitrogens with zero attached hydrogens (tertiary/aromatic N) is 3. The van der Waals surface area contributed by atoms with E-state index >= 15 is 0 Å². The summed E-state index contributed by atoms with van der Waals surface area (Å²) in [5.41, 5.74) is 8.00. The van der Waals surface area contributed by atoms with Crippen molar-refractivity contribution >= 4 is 11.8 Å². The van der Waals surface area contributed by atoms with Gasteiger partial charge in [0, 0.05) is 11.5 Å². The van der Waals surface area contributed by atoms with Crippen molar-refractivity contribution in [3.8, 4) is 0 Å². The normalized spacial score (nSPS) is 12.2. The molecule has 4 heteroatoms. The van der Waals surface area contributed by atoms with Crippen LogP contribution >= 0.6 is 11.8 Å². The van der Waals surface area contributed by atoms with Gasteiger partial charge in [-0.2, -0.15) is 11.8 Å². The van der Waals surface area contributed by atoms with Gasteiger partial charge >= 0.3 is 0 Å². The summed E-state index contributed by atoms with van der Waals surface area (Å²) in [6.45, 7) is 5.12. The molecule has 0 bridgehead atoms. The molecule has 3 nitrogen and oxygen atoms in total. The van der Waals surface area contributed by atoms with Crippen molar-refractivity contribution < 1.29 is 0 Å². The van der Waals surface area contributed by atoms with Crippen molar-refractivity contribution in [3.05, 3.63) is 10.4 Å². The van der Waals surface area contributed by atoms with E-state index < -0.39 is 0 Å². The molecule has 12 heavy (non-hydrogen) atoms. The summed E-state index contributed by atoms with van der Waals surface area (Å²) < 4.78 is 0. The molecule has 1 atom stereocenters. The van der Waals surface area contributed by atoms with Crippen LogP contribution in [-0.4, -0.2) is 18.1 Å².